The van der Waals surface area contributed by atoms with Gasteiger partial charge in [-0.2, -0.15) is 0 Å². The molecule has 0 atom stereocenters. The van der Waals surface area contributed by atoms with E-state index in [4.69, 9.17) is 9.84 Å². The van der Waals surface area contributed by atoms with Crippen LogP contribution in [0.4, 0.5) is 0 Å². The van der Waals surface area contributed by atoms with Crippen LogP contribution in [0.25, 0.3) is 0 Å². The predicted molar refractivity (Wildman–Crippen MR) is 127 cm³/mol. The maximum atomic E-state index is 8.64. The highest BCUT2D eigenvalue weighted by Gasteiger charge is 1.93. The maximum Gasteiger partial charge on any atom is 0.0466 e. The molecule has 28 heavy (non-hydrogen) atoms. The van der Waals surface area contributed by atoms with Crippen LogP contribution in [-0.2, 0) is 4.74 Å². The molecule has 0 aliphatic rings. The lowest BCUT2D eigenvalue weighted by molar-refractivity contribution is 0.126. The molecule has 2 heteroatoms. The molecule has 0 aliphatic heterocycles. The summed E-state index contributed by atoms with van der Waals surface area (Å²) in [5, 5.41) is 8.64. The van der Waals surface area contributed by atoms with Gasteiger partial charge in [0.1, 0.15) is 0 Å². The van der Waals surface area contributed by atoms with Crippen LogP contribution < -0.4 is 0 Å². The van der Waals surface area contributed by atoms with E-state index in [0.29, 0.717) is 6.61 Å². The van der Waals surface area contributed by atoms with Gasteiger partial charge in [-0.25, -0.2) is 0 Å². The Morgan fingerprint density at radius 2 is 0.679 bits per heavy atom. The van der Waals surface area contributed by atoms with Gasteiger partial charge in [0.2, 0.25) is 0 Å². The third-order valence-corrected chi connectivity index (χ3v) is 5.30. The summed E-state index contributed by atoms with van der Waals surface area (Å²) < 4.78 is 5.44. The first kappa shape index (κ1) is 30.1. The molecule has 0 bridgehead atoms. The van der Waals surface area contributed by atoms with Gasteiger partial charge in [0.15, 0.2) is 0 Å². The summed E-state index contributed by atoms with van der Waals surface area (Å²) in [6.45, 7) is 9.03. The average molecular weight is 401 g/mol. The third-order valence-electron chi connectivity index (χ3n) is 5.30. The Balaban J connectivity index is 0. The molecule has 0 radical (unpaired) electrons. The van der Waals surface area contributed by atoms with Gasteiger partial charge in [-0.1, -0.05) is 130 Å². The third kappa shape index (κ3) is 33.5. The number of ether oxygens (including phenoxy) is 1. The van der Waals surface area contributed by atoms with Gasteiger partial charge in [0, 0.05) is 19.8 Å². The van der Waals surface area contributed by atoms with Crippen molar-refractivity contribution < 1.29 is 9.84 Å². The number of hydrogen-bond donors (Lipinski definition) is 1. The van der Waals surface area contributed by atoms with E-state index in [1.807, 2.05) is 0 Å². The molecule has 0 rings (SSSR count). The molecule has 0 aromatic rings. The highest BCUT2D eigenvalue weighted by molar-refractivity contribution is 4.49. The average Bonchev–Trinajstić information content (AvgIpc) is 2.71. The molecule has 0 amide bonds. The number of unbranched alkanes of at least 4 members (excludes halogenated alkanes) is 17. The summed E-state index contributed by atoms with van der Waals surface area (Å²) in [5.74, 6) is 0. The summed E-state index contributed by atoms with van der Waals surface area (Å²) in [6.07, 6.45) is 26.9. The highest BCUT2D eigenvalue weighted by atomic mass is 16.5. The quantitative estimate of drug-likeness (QED) is 0.184. The minimum absolute atomic E-state index is 0.373. The predicted octanol–water partition coefficient (Wildman–Crippen LogP) is 8.84. The van der Waals surface area contributed by atoms with E-state index in [1.165, 1.54) is 122 Å². The molecule has 0 aromatic carbocycles. The van der Waals surface area contributed by atoms with E-state index in [-0.39, 0.29) is 0 Å². The monoisotopic (exact) mass is 400 g/mol. The zero-order valence-electron chi connectivity index (χ0n) is 20.1. The first-order chi connectivity index (χ1) is 13.8. The smallest absolute Gasteiger partial charge is 0.0466 e. The SMILES string of the molecule is CCCCCCCCCCCCCCCCO.CCCCCOCCCCC. The first-order valence-electron chi connectivity index (χ1n) is 13.0. The van der Waals surface area contributed by atoms with Crippen LogP contribution in [0, 0.1) is 0 Å². The Bertz CT molecular complexity index is 208. The second-order valence-corrected chi connectivity index (χ2v) is 8.35. The second-order valence-electron chi connectivity index (χ2n) is 8.35. The minimum atomic E-state index is 0.373. The Hall–Kier alpha value is -0.0800. The Labute approximate surface area is 179 Å². The molecule has 0 aromatic heterocycles. The zero-order chi connectivity index (χ0) is 21.0. The van der Waals surface area contributed by atoms with E-state index in [9.17, 15) is 0 Å². The lowest BCUT2D eigenvalue weighted by Gasteiger charge is -2.02. The van der Waals surface area contributed by atoms with E-state index in [1.54, 1.807) is 0 Å². The summed E-state index contributed by atoms with van der Waals surface area (Å²) in [7, 11) is 0. The van der Waals surface area contributed by atoms with Crippen LogP contribution in [0.3, 0.4) is 0 Å². The highest BCUT2D eigenvalue weighted by Crippen LogP contribution is 2.12. The van der Waals surface area contributed by atoms with Crippen LogP contribution in [-0.4, -0.2) is 24.9 Å². The van der Waals surface area contributed by atoms with Gasteiger partial charge in [-0.15, -0.1) is 0 Å². The minimum Gasteiger partial charge on any atom is -0.396 e. The normalized spacial score (nSPS) is 10.7. The largest absolute Gasteiger partial charge is 0.396 e. The standard InChI is InChI=1S/C16H34O.C10H22O/c1-2-3-4-5-6-7-8-9-10-11-12-13-14-15-16-17;1-3-5-7-9-11-10-8-6-4-2/h17H,2-16H2,1H3;3-10H2,1-2H3. The van der Waals surface area contributed by atoms with Crippen molar-refractivity contribution in [3.05, 3.63) is 0 Å². The molecule has 0 heterocycles. The van der Waals surface area contributed by atoms with E-state index in [0.717, 1.165) is 19.6 Å². The summed E-state index contributed by atoms with van der Waals surface area (Å²) in [4.78, 5) is 0. The van der Waals surface area contributed by atoms with E-state index >= 15 is 0 Å². The van der Waals surface area contributed by atoms with Crippen molar-refractivity contribution in [1.29, 1.82) is 0 Å². The summed E-state index contributed by atoms with van der Waals surface area (Å²) in [5.41, 5.74) is 0. The molecular formula is C26H56O2. The van der Waals surface area contributed by atoms with Crippen LogP contribution in [0.1, 0.15) is 149 Å². The Kier molecular flexibility index (Phi) is 34.0. The maximum absolute atomic E-state index is 8.64. The van der Waals surface area contributed by atoms with Crippen molar-refractivity contribution in [3.63, 3.8) is 0 Å². The number of aliphatic hydroxyl groups excluding tert-OH is 1. The van der Waals surface area contributed by atoms with Gasteiger partial charge in [-0.3, -0.25) is 0 Å². The van der Waals surface area contributed by atoms with Crippen molar-refractivity contribution in [2.24, 2.45) is 0 Å². The van der Waals surface area contributed by atoms with E-state index in [2.05, 4.69) is 20.8 Å². The van der Waals surface area contributed by atoms with Crippen LogP contribution in [0.2, 0.25) is 0 Å². The Morgan fingerprint density at radius 3 is 1.00 bits per heavy atom. The van der Waals surface area contributed by atoms with Crippen molar-refractivity contribution in [2.75, 3.05) is 19.8 Å². The molecule has 0 saturated heterocycles. The van der Waals surface area contributed by atoms with Gasteiger partial charge in [0.25, 0.3) is 0 Å². The van der Waals surface area contributed by atoms with Crippen LogP contribution in [0.5, 0.6) is 0 Å². The topological polar surface area (TPSA) is 29.5 Å². The van der Waals surface area contributed by atoms with Gasteiger partial charge in [0.05, 0.1) is 0 Å². The zero-order valence-corrected chi connectivity index (χ0v) is 20.1. The fourth-order valence-electron chi connectivity index (χ4n) is 3.32. The summed E-state index contributed by atoms with van der Waals surface area (Å²) in [6, 6.07) is 0. The van der Waals surface area contributed by atoms with Gasteiger partial charge < -0.3 is 9.84 Å². The number of rotatable bonds is 22. The fraction of sp³-hybridized carbons (Fsp3) is 1.00. The van der Waals surface area contributed by atoms with Crippen LogP contribution in [0.15, 0.2) is 0 Å². The van der Waals surface area contributed by atoms with E-state index < -0.39 is 0 Å². The lowest BCUT2D eigenvalue weighted by atomic mass is 10.0. The van der Waals surface area contributed by atoms with Crippen molar-refractivity contribution in [2.45, 2.75) is 149 Å². The Morgan fingerprint density at radius 1 is 0.393 bits per heavy atom. The van der Waals surface area contributed by atoms with Crippen molar-refractivity contribution in [3.8, 4) is 0 Å². The van der Waals surface area contributed by atoms with Gasteiger partial charge in [-0.05, 0) is 19.3 Å². The molecule has 0 fully saturated rings. The van der Waals surface area contributed by atoms with Crippen LogP contribution >= 0.6 is 0 Å². The molecule has 0 saturated carbocycles. The second kappa shape index (κ2) is 31.6. The lowest BCUT2D eigenvalue weighted by Crippen LogP contribution is -1.96. The number of aliphatic hydroxyl groups is 1. The first-order valence-corrected chi connectivity index (χ1v) is 13.0. The fourth-order valence-corrected chi connectivity index (χ4v) is 3.32. The molecule has 0 aliphatic carbocycles. The van der Waals surface area contributed by atoms with Crippen molar-refractivity contribution in [1.82, 2.24) is 0 Å². The van der Waals surface area contributed by atoms with Crippen molar-refractivity contribution >= 4 is 0 Å². The number of hydrogen-bond acceptors (Lipinski definition) is 2. The molecule has 0 spiro atoms. The molecule has 1 N–H and O–H groups in total. The van der Waals surface area contributed by atoms with Gasteiger partial charge >= 0.3 is 0 Å². The summed E-state index contributed by atoms with van der Waals surface area (Å²) >= 11 is 0. The molecular weight excluding hydrogens is 344 g/mol. The molecule has 0 unspecified atom stereocenters. The molecule has 2 nitrogen and oxygen atoms in total. The molecule has 172 valence electrons.